The monoisotopic (exact) mass is 228 g/mol. The van der Waals surface area contributed by atoms with E-state index in [0.29, 0.717) is 6.04 Å². The van der Waals surface area contributed by atoms with Gasteiger partial charge in [-0.3, -0.25) is 0 Å². The van der Waals surface area contributed by atoms with Crippen LogP contribution in [0.15, 0.2) is 30.5 Å². The molecule has 1 N–H and O–H groups in total. The topological polar surface area (TPSA) is 17.0 Å². The van der Waals surface area contributed by atoms with Crippen molar-refractivity contribution in [2.24, 2.45) is 0 Å². The van der Waals surface area contributed by atoms with Crippen LogP contribution in [0.3, 0.4) is 0 Å². The van der Waals surface area contributed by atoms with Crippen LogP contribution >= 0.6 is 0 Å². The third-order valence-electron chi connectivity index (χ3n) is 3.84. The van der Waals surface area contributed by atoms with Crippen molar-refractivity contribution in [2.75, 3.05) is 6.54 Å². The van der Waals surface area contributed by atoms with Crippen LogP contribution in [0.5, 0.6) is 0 Å². The standard InChI is InChI=1S/C14H13FN2/c15-12-4-3-10-9-2-1-6-16-13(9)8-17-7-5-11(12)14(10)17/h2-5,7,13,16H,1,6,8H2. The third-order valence-corrected chi connectivity index (χ3v) is 3.84. The highest BCUT2D eigenvalue weighted by atomic mass is 19.1. The molecule has 17 heavy (non-hydrogen) atoms. The van der Waals surface area contributed by atoms with E-state index < -0.39 is 0 Å². The van der Waals surface area contributed by atoms with Gasteiger partial charge in [-0.1, -0.05) is 6.08 Å². The summed E-state index contributed by atoms with van der Waals surface area (Å²) in [5.74, 6) is -0.120. The lowest BCUT2D eigenvalue weighted by Crippen LogP contribution is -2.39. The molecule has 0 fully saturated rings. The molecular formula is C14H13FN2. The van der Waals surface area contributed by atoms with Gasteiger partial charge in [0.15, 0.2) is 0 Å². The maximum atomic E-state index is 13.7. The summed E-state index contributed by atoms with van der Waals surface area (Å²) < 4.78 is 15.9. The normalized spacial score (nSPS) is 22.4. The van der Waals surface area contributed by atoms with Crippen LogP contribution in [0, 0.1) is 5.82 Å². The summed E-state index contributed by atoms with van der Waals surface area (Å²) in [5.41, 5.74) is 3.58. The van der Waals surface area contributed by atoms with Crippen LogP contribution in [0.1, 0.15) is 12.0 Å². The summed E-state index contributed by atoms with van der Waals surface area (Å²) in [7, 11) is 0. The molecular weight excluding hydrogens is 215 g/mol. The summed E-state index contributed by atoms with van der Waals surface area (Å²) in [6.07, 6.45) is 5.35. The summed E-state index contributed by atoms with van der Waals surface area (Å²) in [6.45, 7) is 1.95. The average molecular weight is 228 g/mol. The highest BCUT2D eigenvalue weighted by molar-refractivity contribution is 5.95. The van der Waals surface area contributed by atoms with Gasteiger partial charge in [0, 0.05) is 23.7 Å². The van der Waals surface area contributed by atoms with Gasteiger partial charge in [0.25, 0.3) is 0 Å². The third kappa shape index (κ3) is 1.17. The van der Waals surface area contributed by atoms with Crippen LogP contribution in [0.4, 0.5) is 4.39 Å². The van der Waals surface area contributed by atoms with Crippen LogP contribution in [0.2, 0.25) is 0 Å². The SMILES string of the molecule is Fc1ccc2c3c1ccn3CC1NCCC=C21. The molecule has 0 amide bonds. The van der Waals surface area contributed by atoms with Gasteiger partial charge in [-0.05, 0) is 36.7 Å². The molecule has 0 radical (unpaired) electrons. The highest BCUT2D eigenvalue weighted by Gasteiger charge is 2.27. The number of benzene rings is 1. The molecule has 1 atom stereocenters. The fraction of sp³-hybridized carbons (Fsp3) is 0.286. The van der Waals surface area contributed by atoms with Crippen LogP contribution in [-0.4, -0.2) is 17.2 Å². The maximum absolute atomic E-state index is 13.7. The van der Waals surface area contributed by atoms with Gasteiger partial charge in [0.2, 0.25) is 0 Å². The van der Waals surface area contributed by atoms with Gasteiger partial charge in [-0.15, -0.1) is 0 Å². The van der Waals surface area contributed by atoms with Gasteiger partial charge in [0.05, 0.1) is 11.6 Å². The number of hydrogen-bond acceptors (Lipinski definition) is 1. The zero-order valence-corrected chi connectivity index (χ0v) is 9.41. The first-order valence-corrected chi connectivity index (χ1v) is 6.06. The highest BCUT2D eigenvalue weighted by Crippen LogP contribution is 2.35. The van der Waals surface area contributed by atoms with E-state index in [0.717, 1.165) is 30.4 Å². The first kappa shape index (κ1) is 9.42. The molecule has 0 aliphatic carbocycles. The molecule has 0 saturated carbocycles. The maximum Gasteiger partial charge on any atom is 0.132 e. The number of rotatable bonds is 0. The summed E-state index contributed by atoms with van der Waals surface area (Å²) in [6, 6.07) is 5.77. The van der Waals surface area contributed by atoms with Crippen LogP contribution < -0.4 is 5.32 Å². The Morgan fingerprint density at radius 3 is 3.18 bits per heavy atom. The van der Waals surface area contributed by atoms with Crippen molar-refractivity contribution >= 4 is 16.5 Å². The molecule has 1 aromatic carbocycles. The van der Waals surface area contributed by atoms with Crippen molar-refractivity contribution in [3.8, 4) is 0 Å². The van der Waals surface area contributed by atoms with E-state index in [2.05, 4.69) is 16.0 Å². The van der Waals surface area contributed by atoms with E-state index in [9.17, 15) is 4.39 Å². The largest absolute Gasteiger partial charge is 0.345 e. The van der Waals surface area contributed by atoms with E-state index in [1.165, 1.54) is 11.1 Å². The smallest absolute Gasteiger partial charge is 0.132 e. The zero-order chi connectivity index (χ0) is 11.4. The molecule has 0 spiro atoms. The molecule has 3 heterocycles. The van der Waals surface area contributed by atoms with Crippen LogP contribution in [-0.2, 0) is 6.54 Å². The minimum atomic E-state index is -0.120. The summed E-state index contributed by atoms with van der Waals surface area (Å²) in [5, 5.41) is 4.27. The van der Waals surface area contributed by atoms with Crippen molar-refractivity contribution in [1.82, 2.24) is 9.88 Å². The predicted octanol–water partition coefficient (Wildman–Crippen LogP) is 2.54. The fourth-order valence-corrected chi connectivity index (χ4v) is 3.07. The molecule has 0 saturated heterocycles. The second-order valence-corrected chi connectivity index (χ2v) is 4.78. The lowest BCUT2D eigenvalue weighted by molar-refractivity contribution is 0.515. The molecule has 2 aliphatic rings. The van der Waals surface area contributed by atoms with Gasteiger partial charge in [-0.25, -0.2) is 4.39 Å². The van der Waals surface area contributed by atoms with Gasteiger partial charge in [-0.2, -0.15) is 0 Å². The van der Waals surface area contributed by atoms with Gasteiger partial charge in [0.1, 0.15) is 5.82 Å². The minimum absolute atomic E-state index is 0.120. The molecule has 2 aliphatic heterocycles. The van der Waals surface area contributed by atoms with Crippen molar-refractivity contribution in [1.29, 1.82) is 0 Å². The first-order chi connectivity index (χ1) is 8.34. The Hall–Kier alpha value is -1.61. The number of halogens is 1. The van der Waals surface area contributed by atoms with Crippen molar-refractivity contribution < 1.29 is 4.39 Å². The Labute approximate surface area is 98.7 Å². The minimum Gasteiger partial charge on any atom is -0.345 e. The number of hydrogen-bond donors (Lipinski definition) is 1. The molecule has 1 aromatic heterocycles. The second kappa shape index (κ2) is 3.20. The quantitative estimate of drug-likeness (QED) is 0.733. The van der Waals surface area contributed by atoms with Crippen molar-refractivity contribution in [3.05, 3.63) is 41.9 Å². The van der Waals surface area contributed by atoms with Gasteiger partial charge < -0.3 is 9.88 Å². The number of nitrogens with zero attached hydrogens (tertiary/aromatic N) is 1. The lowest BCUT2D eigenvalue weighted by atomic mass is 9.90. The lowest BCUT2D eigenvalue weighted by Gasteiger charge is -2.31. The molecule has 1 unspecified atom stereocenters. The second-order valence-electron chi connectivity index (χ2n) is 4.78. The molecule has 0 bridgehead atoms. The summed E-state index contributed by atoms with van der Waals surface area (Å²) in [4.78, 5) is 0. The molecule has 3 heteroatoms. The molecule has 2 aromatic rings. The molecule has 2 nitrogen and oxygen atoms in total. The Bertz CT molecular complexity index is 639. The fourth-order valence-electron chi connectivity index (χ4n) is 3.07. The Morgan fingerprint density at radius 2 is 2.24 bits per heavy atom. The van der Waals surface area contributed by atoms with Gasteiger partial charge >= 0.3 is 0 Å². The zero-order valence-electron chi connectivity index (χ0n) is 9.41. The molecule has 4 rings (SSSR count). The number of nitrogens with one attached hydrogen (secondary N) is 1. The van der Waals surface area contributed by atoms with E-state index in [1.54, 1.807) is 6.07 Å². The number of fused-ring (bicyclic) bond motifs is 2. The van der Waals surface area contributed by atoms with E-state index in [4.69, 9.17) is 0 Å². The van der Waals surface area contributed by atoms with E-state index in [1.807, 2.05) is 18.3 Å². The van der Waals surface area contributed by atoms with Crippen molar-refractivity contribution in [2.45, 2.75) is 19.0 Å². The van der Waals surface area contributed by atoms with E-state index >= 15 is 0 Å². The van der Waals surface area contributed by atoms with Crippen LogP contribution in [0.25, 0.3) is 16.5 Å². The molecule has 86 valence electrons. The van der Waals surface area contributed by atoms with E-state index in [-0.39, 0.29) is 5.82 Å². The Balaban J connectivity index is 2.08. The predicted molar refractivity (Wildman–Crippen MR) is 66.3 cm³/mol. The summed E-state index contributed by atoms with van der Waals surface area (Å²) >= 11 is 0. The average Bonchev–Trinajstić information content (AvgIpc) is 2.78. The first-order valence-electron chi connectivity index (χ1n) is 6.06. The van der Waals surface area contributed by atoms with Crippen molar-refractivity contribution in [3.63, 3.8) is 0 Å². The Kier molecular flexibility index (Phi) is 1.77. The Morgan fingerprint density at radius 1 is 1.29 bits per heavy atom. The number of aromatic nitrogens is 1.